The van der Waals surface area contributed by atoms with E-state index in [9.17, 15) is 0 Å². The van der Waals surface area contributed by atoms with Crippen LogP contribution in [0.3, 0.4) is 0 Å². The molecular formula is C25H35ClN8. The van der Waals surface area contributed by atoms with Crippen molar-refractivity contribution in [1.29, 1.82) is 0 Å². The van der Waals surface area contributed by atoms with Crippen LogP contribution in [0.1, 0.15) is 31.2 Å². The van der Waals surface area contributed by atoms with Crippen molar-refractivity contribution in [3.63, 3.8) is 0 Å². The Bertz CT molecular complexity index is 1100. The first kappa shape index (κ1) is 23.4. The van der Waals surface area contributed by atoms with Crippen molar-refractivity contribution in [2.24, 2.45) is 5.73 Å². The molecule has 9 heteroatoms. The van der Waals surface area contributed by atoms with Crippen molar-refractivity contribution in [2.45, 2.75) is 37.1 Å². The molecule has 182 valence electrons. The Labute approximate surface area is 206 Å². The number of hydrazine groups is 1. The number of pyridine rings is 1. The molecule has 0 saturated carbocycles. The molecule has 5 rings (SSSR count). The minimum absolute atomic E-state index is 0.0106. The number of halogens is 1. The minimum atomic E-state index is -0.0106. The predicted octanol–water partition coefficient (Wildman–Crippen LogP) is 3.23. The molecule has 2 saturated heterocycles. The molecule has 4 heterocycles. The van der Waals surface area contributed by atoms with Gasteiger partial charge in [0.25, 0.3) is 5.95 Å². The highest BCUT2D eigenvalue weighted by molar-refractivity contribution is 6.30. The van der Waals surface area contributed by atoms with E-state index < -0.39 is 0 Å². The molecule has 3 N–H and O–H groups in total. The molecule has 0 unspecified atom stereocenters. The first-order valence-electron chi connectivity index (χ1n) is 12.2. The standard InChI is InChI=1S/C25H35ClN8/c1-31-14-9-21(10-15-31)32(2)29-24-28-23-22(4-3-13-34(23)30-24)33-16-11-25(18-27,12-17-33)19-5-7-20(26)8-6-19/h3-8,13,21H,9-12,14-18,27H2,1-2H3,(H,29,30). The Morgan fingerprint density at radius 2 is 1.82 bits per heavy atom. The lowest BCUT2D eigenvalue weighted by molar-refractivity contribution is 0.164. The number of hydrogen-bond donors (Lipinski definition) is 2. The van der Waals surface area contributed by atoms with E-state index in [1.807, 2.05) is 28.9 Å². The number of rotatable bonds is 6. The van der Waals surface area contributed by atoms with Crippen molar-refractivity contribution in [1.82, 2.24) is 24.5 Å². The summed E-state index contributed by atoms with van der Waals surface area (Å²) in [6.45, 7) is 4.72. The van der Waals surface area contributed by atoms with E-state index in [1.54, 1.807) is 0 Å². The number of hydrogen-bond acceptors (Lipinski definition) is 7. The van der Waals surface area contributed by atoms with Crippen LogP contribution in [0.5, 0.6) is 0 Å². The summed E-state index contributed by atoms with van der Waals surface area (Å²) in [5, 5.41) is 7.63. The van der Waals surface area contributed by atoms with Gasteiger partial charge in [0.2, 0.25) is 0 Å². The zero-order valence-electron chi connectivity index (χ0n) is 20.1. The van der Waals surface area contributed by atoms with Crippen molar-refractivity contribution < 1.29 is 0 Å². The molecule has 0 amide bonds. The summed E-state index contributed by atoms with van der Waals surface area (Å²) in [5.74, 6) is 0.642. The van der Waals surface area contributed by atoms with E-state index >= 15 is 0 Å². The zero-order valence-corrected chi connectivity index (χ0v) is 20.9. The summed E-state index contributed by atoms with van der Waals surface area (Å²) >= 11 is 6.12. The monoisotopic (exact) mass is 482 g/mol. The molecule has 2 aliphatic heterocycles. The Morgan fingerprint density at radius 3 is 2.50 bits per heavy atom. The zero-order chi connectivity index (χ0) is 23.7. The van der Waals surface area contributed by atoms with Gasteiger partial charge >= 0.3 is 0 Å². The van der Waals surface area contributed by atoms with Gasteiger partial charge < -0.3 is 15.5 Å². The van der Waals surface area contributed by atoms with Crippen LogP contribution in [-0.2, 0) is 5.41 Å². The highest BCUT2D eigenvalue weighted by Crippen LogP contribution is 2.37. The molecule has 8 nitrogen and oxygen atoms in total. The molecule has 1 aromatic carbocycles. The molecular weight excluding hydrogens is 448 g/mol. The smallest absolute Gasteiger partial charge is 0.257 e. The Morgan fingerprint density at radius 1 is 1.12 bits per heavy atom. The molecule has 0 spiro atoms. The Kier molecular flexibility index (Phi) is 6.66. The fraction of sp³-hybridized carbons (Fsp3) is 0.520. The highest BCUT2D eigenvalue weighted by atomic mass is 35.5. The topological polar surface area (TPSA) is 78.0 Å². The molecule has 0 bridgehead atoms. The van der Waals surface area contributed by atoms with Gasteiger partial charge in [-0.2, -0.15) is 4.98 Å². The van der Waals surface area contributed by atoms with E-state index in [4.69, 9.17) is 27.4 Å². The van der Waals surface area contributed by atoms with Gasteiger partial charge in [-0.25, -0.2) is 9.52 Å². The van der Waals surface area contributed by atoms with Crippen LogP contribution in [0, 0.1) is 0 Å². The second-order valence-electron chi connectivity index (χ2n) is 9.83. The third-order valence-corrected chi connectivity index (χ3v) is 8.01. The van der Waals surface area contributed by atoms with E-state index in [0.717, 1.165) is 68.2 Å². The van der Waals surface area contributed by atoms with Crippen LogP contribution in [-0.4, -0.2) is 77.4 Å². The number of nitrogens with two attached hydrogens (primary N) is 1. The van der Waals surface area contributed by atoms with Crippen LogP contribution in [0.15, 0.2) is 42.6 Å². The van der Waals surface area contributed by atoms with Gasteiger partial charge in [-0.15, -0.1) is 5.10 Å². The number of nitrogens with one attached hydrogen (secondary N) is 1. The van der Waals surface area contributed by atoms with Crippen molar-refractivity contribution in [3.8, 4) is 0 Å². The summed E-state index contributed by atoms with van der Waals surface area (Å²) < 4.78 is 1.88. The lowest BCUT2D eigenvalue weighted by Gasteiger charge is -2.42. The van der Waals surface area contributed by atoms with Gasteiger partial charge in [0.05, 0.1) is 5.69 Å². The molecule has 2 aromatic heterocycles. The number of piperidine rings is 2. The summed E-state index contributed by atoms with van der Waals surface area (Å²) in [4.78, 5) is 9.66. The van der Waals surface area contributed by atoms with E-state index in [0.29, 0.717) is 18.5 Å². The van der Waals surface area contributed by atoms with Crippen LogP contribution >= 0.6 is 11.6 Å². The highest BCUT2D eigenvalue weighted by Gasteiger charge is 2.35. The van der Waals surface area contributed by atoms with E-state index in [-0.39, 0.29) is 5.41 Å². The van der Waals surface area contributed by atoms with Gasteiger partial charge in [0.1, 0.15) is 0 Å². The fourth-order valence-electron chi connectivity index (χ4n) is 5.41. The van der Waals surface area contributed by atoms with Crippen molar-refractivity contribution in [3.05, 3.63) is 53.2 Å². The molecule has 34 heavy (non-hydrogen) atoms. The lowest BCUT2D eigenvalue weighted by atomic mass is 9.73. The van der Waals surface area contributed by atoms with Crippen molar-refractivity contribution in [2.75, 3.05) is 57.1 Å². The fourth-order valence-corrected chi connectivity index (χ4v) is 5.53. The second-order valence-corrected chi connectivity index (χ2v) is 10.3. The number of nitrogens with zero attached hydrogens (tertiary/aromatic N) is 6. The first-order valence-corrected chi connectivity index (χ1v) is 12.6. The van der Waals surface area contributed by atoms with Gasteiger partial charge in [-0.05, 0) is 75.6 Å². The van der Waals surface area contributed by atoms with Gasteiger partial charge in [0, 0.05) is 49.4 Å². The average molecular weight is 483 g/mol. The van der Waals surface area contributed by atoms with E-state index in [1.165, 1.54) is 5.56 Å². The lowest BCUT2D eigenvalue weighted by Crippen LogP contribution is -2.47. The number of aromatic nitrogens is 3. The van der Waals surface area contributed by atoms with Crippen LogP contribution in [0.4, 0.5) is 11.6 Å². The van der Waals surface area contributed by atoms with Crippen LogP contribution in [0.25, 0.3) is 5.65 Å². The normalized spacial score (nSPS) is 19.7. The Hall–Kier alpha value is -2.39. The Balaban J connectivity index is 1.31. The third kappa shape index (κ3) is 4.60. The summed E-state index contributed by atoms with van der Waals surface area (Å²) in [7, 11) is 4.28. The number of anilines is 2. The summed E-state index contributed by atoms with van der Waals surface area (Å²) in [6.07, 6.45) is 6.23. The molecule has 0 radical (unpaired) electrons. The third-order valence-electron chi connectivity index (χ3n) is 7.76. The largest absolute Gasteiger partial charge is 0.368 e. The van der Waals surface area contributed by atoms with Crippen molar-refractivity contribution >= 4 is 28.9 Å². The molecule has 0 atom stereocenters. The van der Waals surface area contributed by atoms with Gasteiger partial charge in [-0.1, -0.05) is 23.7 Å². The molecule has 2 fully saturated rings. The minimum Gasteiger partial charge on any atom is -0.368 e. The van der Waals surface area contributed by atoms with E-state index in [2.05, 4.69) is 52.5 Å². The van der Waals surface area contributed by atoms with Gasteiger partial charge in [0.15, 0.2) is 5.65 Å². The van der Waals surface area contributed by atoms with Crippen LogP contribution < -0.4 is 16.1 Å². The molecule has 3 aromatic rings. The van der Waals surface area contributed by atoms with Crippen LogP contribution in [0.2, 0.25) is 5.02 Å². The van der Waals surface area contributed by atoms with Gasteiger partial charge in [-0.3, -0.25) is 5.43 Å². The maximum Gasteiger partial charge on any atom is 0.257 e. The number of benzene rings is 1. The quantitative estimate of drug-likeness (QED) is 0.522. The molecule has 0 aliphatic carbocycles. The maximum absolute atomic E-state index is 6.31. The number of likely N-dealkylation sites (tertiary alicyclic amines) is 1. The molecule has 2 aliphatic rings. The number of fused-ring (bicyclic) bond motifs is 1. The SMILES string of the molecule is CN1CCC(N(C)Nc2nc3c(N4CCC(CN)(c5ccc(Cl)cc5)CC4)cccn3n2)CC1. The second kappa shape index (κ2) is 9.70. The summed E-state index contributed by atoms with van der Waals surface area (Å²) in [5.41, 5.74) is 13.0. The summed E-state index contributed by atoms with van der Waals surface area (Å²) in [6, 6.07) is 12.9. The first-order chi connectivity index (χ1) is 16.5. The predicted molar refractivity (Wildman–Crippen MR) is 139 cm³/mol. The average Bonchev–Trinajstić information content (AvgIpc) is 3.27. The maximum atomic E-state index is 6.31.